The lowest BCUT2D eigenvalue weighted by molar-refractivity contribution is -0.133. The fraction of sp³-hybridized carbons (Fsp3) is 0.214. The third-order valence-corrected chi connectivity index (χ3v) is 3.93. The highest BCUT2D eigenvalue weighted by Gasteiger charge is 2.17. The fourth-order valence-corrected chi connectivity index (χ4v) is 1.69. The van der Waals surface area contributed by atoms with Gasteiger partial charge in [0.25, 0.3) is 0 Å². The van der Waals surface area contributed by atoms with Gasteiger partial charge >= 0.3 is 5.97 Å². The molecule has 0 heterocycles. The van der Waals surface area contributed by atoms with Crippen LogP contribution in [0, 0.1) is 0 Å². The first-order chi connectivity index (χ1) is 9.63. The largest absolute Gasteiger partial charge is 0.503 e. The van der Waals surface area contributed by atoms with Gasteiger partial charge < -0.3 is 14.2 Å². The monoisotopic (exact) mass is 404 g/mol. The van der Waals surface area contributed by atoms with Crippen LogP contribution in [0.5, 0.6) is 5.75 Å². The molecule has 0 radical (unpaired) electrons. The Hall–Kier alpha value is -1.27. The van der Waals surface area contributed by atoms with Gasteiger partial charge in [0.15, 0.2) is 0 Å². The third-order valence-electron chi connectivity index (χ3n) is 2.30. The second-order valence-corrected chi connectivity index (χ2v) is 5.08. The average molecular weight is 406 g/mol. The van der Waals surface area contributed by atoms with E-state index < -0.39 is 5.97 Å². The average Bonchev–Trinajstić information content (AvgIpc) is 2.49. The van der Waals surface area contributed by atoms with E-state index in [1.807, 2.05) is 12.1 Å². The number of methoxy groups -OCH3 is 2. The topological polar surface area (TPSA) is 44.8 Å². The van der Waals surface area contributed by atoms with Crippen LogP contribution >= 0.6 is 31.9 Å². The van der Waals surface area contributed by atoms with Gasteiger partial charge in [-0.05, 0) is 11.1 Å². The SMILES string of the molecule is COC=C(C(=O)OC)c1ccccc1OCC(Br)=CBr. The van der Waals surface area contributed by atoms with E-state index in [0.29, 0.717) is 23.5 Å². The first kappa shape index (κ1) is 16.8. The van der Waals surface area contributed by atoms with Crippen molar-refractivity contribution in [3.05, 3.63) is 45.6 Å². The minimum atomic E-state index is -0.488. The van der Waals surface area contributed by atoms with E-state index in [2.05, 4.69) is 31.9 Å². The summed E-state index contributed by atoms with van der Waals surface area (Å²) in [5.41, 5.74) is 0.903. The molecular weight excluding hydrogens is 392 g/mol. The standard InChI is InChI=1S/C14H14Br2O4/c1-18-9-12(14(17)19-2)11-5-3-4-6-13(11)20-8-10(16)7-15/h3-7,9H,8H2,1-2H3. The second kappa shape index (κ2) is 8.81. The van der Waals surface area contributed by atoms with Gasteiger partial charge in [0.05, 0.1) is 20.5 Å². The molecule has 0 N–H and O–H groups in total. The van der Waals surface area contributed by atoms with Crippen LogP contribution in [0.2, 0.25) is 0 Å². The van der Waals surface area contributed by atoms with Crippen molar-refractivity contribution < 1.29 is 19.0 Å². The summed E-state index contributed by atoms with van der Waals surface area (Å²) in [6, 6.07) is 7.18. The molecule has 0 bridgehead atoms. The number of hydrogen-bond donors (Lipinski definition) is 0. The van der Waals surface area contributed by atoms with Crippen molar-refractivity contribution in [1.82, 2.24) is 0 Å². The van der Waals surface area contributed by atoms with Crippen LogP contribution in [0.3, 0.4) is 0 Å². The summed E-state index contributed by atoms with van der Waals surface area (Å²) in [7, 11) is 2.79. The molecule has 0 unspecified atom stereocenters. The molecule has 1 aromatic carbocycles. The van der Waals surface area contributed by atoms with Crippen molar-refractivity contribution in [1.29, 1.82) is 0 Å². The summed E-state index contributed by atoms with van der Waals surface area (Å²) in [6.45, 7) is 0.337. The maximum atomic E-state index is 11.8. The molecular formula is C14H14Br2O4. The van der Waals surface area contributed by atoms with Crippen LogP contribution in [0.1, 0.15) is 5.56 Å². The highest BCUT2D eigenvalue weighted by molar-refractivity contribution is 9.14. The van der Waals surface area contributed by atoms with Crippen LogP contribution in [0.15, 0.2) is 40.0 Å². The van der Waals surface area contributed by atoms with Gasteiger partial charge in [-0.15, -0.1) is 0 Å². The van der Waals surface area contributed by atoms with Gasteiger partial charge in [-0.25, -0.2) is 4.79 Å². The predicted octanol–water partition coefficient (Wildman–Crippen LogP) is 3.86. The molecule has 0 aliphatic carbocycles. The Labute approximate surface area is 134 Å². The maximum Gasteiger partial charge on any atom is 0.341 e. The number of halogens is 2. The van der Waals surface area contributed by atoms with E-state index in [1.165, 1.54) is 20.5 Å². The van der Waals surface area contributed by atoms with Crippen LogP contribution in [0.25, 0.3) is 5.57 Å². The van der Waals surface area contributed by atoms with Gasteiger partial charge in [-0.3, -0.25) is 0 Å². The molecule has 0 aliphatic heterocycles. The normalized spacial score (nSPS) is 12.0. The summed E-state index contributed by atoms with van der Waals surface area (Å²) < 4.78 is 16.2. The first-order valence-corrected chi connectivity index (χ1v) is 7.33. The molecule has 0 aromatic heterocycles. The number of para-hydroxylation sites is 1. The molecule has 0 amide bonds. The molecule has 0 aliphatic rings. The lowest BCUT2D eigenvalue weighted by atomic mass is 10.1. The Morgan fingerprint density at radius 1 is 1.30 bits per heavy atom. The maximum absolute atomic E-state index is 11.8. The third kappa shape index (κ3) is 4.68. The fourth-order valence-electron chi connectivity index (χ4n) is 1.44. The number of carbonyl (C=O) groups is 1. The lowest BCUT2D eigenvalue weighted by Gasteiger charge is -2.12. The molecule has 0 fully saturated rings. The molecule has 6 heteroatoms. The Morgan fingerprint density at radius 3 is 2.60 bits per heavy atom. The summed E-state index contributed by atoms with van der Waals surface area (Å²) in [5.74, 6) is 0.0745. The minimum absolute atomic E-state index is 0.296. The van der Waals surface area contributed by atoms with Crippen molar-refractivity contribution >= 4 is 43.4 Å². The van der Waals surface area contributed by atoms with Crippen molar-refractivity contribution in [2.24, 2.45) is 0 Å². The van der Waals surface area contributed by atoms with Crippen LogP contribution in [-0.4, -0.2) is 26.8 Å². The molecule has 0 atom stereocenters. The van der Waals surface area contributed by atoms with Crippen LogP contribution in [-0.2, 0) is 14.3 Å². The van der Waals surface area contributed by atoms with Gasteiger partial charge in [-0.2, -0.15) is 0 Å². The summed E-state index contributed by atoms with van der Waals surface area (Å²) in [6.07, 6.45) is 1.34. The number of ether oxygens (including phenoxy) is 3. The molecule has 0 saturated carbocycles. The van der Waals surface area contributed by atoms with Crippen molar-refractivity contribution in [3.8, 4) is 5.75 Å². The molecule has 0 spiro atoms. The molecule has 20 heavy (non-hydrogen) atoms. The van der Waals surface area contributed by atoms with E-state index in [0.717, 1.165) is 4.48 Å². The molecule has 108 valence electrons. The van der Waals surface area contributed by atoms with Gasteiger partial charge in [0.2, 0.25) is 0 Å². The van der Waals surface area contributed by atoms with E-state index in [-0.39, 0.29) is 0 Å². The Balaban J connectivity index is 3.10. The van der Waals surface area contributed by atoms with E-state index >= 15 is 0 Å². The predicted molar refractivity (Wildman–Crippen MR) is 84.9 cm³/mol. The summed E-state index contributed by atoms with van der Waals surface area (Å²) >= 11 is 6.53. The van der Waals surface area contributed by atoms with Crippen LogP contribution in [0.4, 0.5) is 0 Å². The second-order valence-electron chi connectivity index (χ2n) is 3.60. The van der Waals surface area contributed by atoms with Gasteiger partial charge in [0.1, 0.15) is 17.9 Å². The van der Waals surface area contributed by atoms with Crippen LogP contribution < -0.4 is 4.74 Å². The number of hydrogen-bond acceptors (Lipinski definition) is 4. The van der Waals surface area contributed by atoms with Crippen molar-refractivity contribution in [3.63, 3.8) is 0 Å². The molecule has 0 saturated heterocycles. The molecule has 4 nitrogen and oxygen atoms in total. The van der Waals surface area contributed by atoms with E-state index in [4.69, 9.17) is 14.2 Å². The number of rotatable bonds is 6. The zero-order valence-electron chi connectivity index (χ0n) is 11.1. The number of esters is 1. The van der Waals surface area contributed by atoms with E-state index in [1.54, 1.807) is 17.1 Å². The Bertz CT molecular complexity index is 524. The molecule has 1 rings (SSSR count). The highest BCUT2D eigenvalue weighted by Crippen LogP contribution is 2.27. The van der Waals surface area contributed by atoms with Gasteiger partial charge in [0, 0.05) is 10.0 Å². The van der Waals surface area contributed by atoms with Gasteiger partial charge in [-0.1, -0.05) is 50.1 Å². The Kier molecular flexibility index (Phi) is 7.40. The summed E-state index contributed by atoms with van der Waals surface area (Å²) in [5, 5.41) is 0. The lowest BCUT2D eigenvalue weighted by Crippen LogP contribution is -2.07. The number of benzene rings is 1. The smallest absolute Gasteiger partial charge is 0.341 e. The highest BCUT2D eigenvalue weighted by atomic mass is 79.9. The van der Waals surface area contributed by atoms with Crippen molar-refractivity contribution in [2.45, 2.75) is 0 Å². The molecule has 1 aromatic rings. The Morgan fingerprint density at radius 2 is 2.00 bits per heavy atom. The first-order valence-electron chi connectivity index (χ1n) is 5.62. The number of carbonyl (C=O) groups excluding carboxylic acids is 1. The zero-order chi connectivity index (χ0) is 15.0. The zero-order valence-corrected chi connectivity index (χ0v) is 14.2. The minimum Gasteiger partial charge on any atom is -0.503 e. The van der Waals surface area contributed by atoms with E-state index in [9.17, 15) is 4.79 Å². The summed E-state index contributed by atoms with van der Waals surface area (Å²) in [4.78, 5) is 13.5. The quantitative estimate of drug-likeness (QED) is 0.409. The van der Waals surface area contributed by atoms with Crippen molar-refractivity contribution in [2.75, 3.05) is 20.8 Å².